The van der Waals surface area contributed by atoms with E-state index >= 15 is 0 Å². The molecule has 0 saturated carbocycles. The highest BCUT2D eigenvalue weighted by atomic mass is 35.5. The molecule has 3 aromatic rings. The quantitative estimate of drug-likeness (QED) is 0.434. The number of nitrogens with zero attached hydrogens (tertiary/aromatic N) is 3. The minimum Gasteiger partial charge on any atom is -0.494 e. The van der Waals surface area contributed by atoms with Crippen molar-refractivity contribution < 1.29 is 18.7 Å². The van der Waals surface area contributed by atoms with Gasteiger partial charge < -0.3 is 20.1 Å². The van der Waals surface area contributed by atoms with Gasteiger partial charge in [0, 0.05) is 49.5 Å². The molecule has 10 heteroatoms. The summed E-state index contributed by atoms with van der Waals surface area (Å²) < 4.78 is 24.2. The van der Waals surface area contributed by atoms with Gasteiger partial charge in [0.2, 0.25) is 5.91 Å². The van der Waals surface area contributed by atoms with Gasteiger partial charge in [0.1, 0.15) is 23.7 Å². The normalized spacial score (nSPS) is 15.9. The summed E-state index contributed by atoms with van der Waals surface area (Å²) in [6.45, 7) is 2.36. The second-order valence-electron chi connectivity index (χ2n) is 7.83. The number of nitrogens with one attached hydrogen (secondary N) is 2. The number of likely N-dealkylation sites (tertiary alicyclic amines) is 1. The molecule has 4 rings (SSSR count). The van der Waals surface area contributed by atoms with E-state index in [0.717, 1.165) is 13.0 Å². The van der Waals surface area contributed by atoms with Crippen molar-refractivity contribution in [2.45, 2.75) is 12.5 Å². The molecular weight excluding hydrogens is 461 g/mol. The lowest BCUT2D eigenvalue weighted by atomic mass is 10.0. The average molecular weight is 486 g/mol. The van der Waals surface area contributed by atoms with E-state index in [4.69, 9.17) is 21.1 Å². The summed E-state index contributed by atoms with van der Waals surface area (Å²) in [6, 6.07) is 8.15. The molecule has 0 radical (unpaired) electrons. The molecule has 34 heavy (non-hydrogen) atoms. The first-order chi connectivity index (χ1) is 16.5. The number of hydrogen-bond donors (Lipinski definition) is 2. The number of aromatic nitrogens is 2. The van der Waals surface area contributed by atoms with E-state index in [9.17, 15) is 9.18 Å². The first-order valence-electron chi connectivity index (χ1n) is 10.7. The highest BCUT2D eigenvalue weighted by Gasteiger charge is 2.26. The maximum absolute atomic E-state index is 13.5. The Bertz CT molecular complexity index is 1220. The van der Waals surface area contributed by atoms with Crippen LogP contribution in [0, 0.1) is 5.82 Å². The van der Waals surface area contributed by atoms with Gasteiger partial charge in [-0.3, -0.25) is 9.69 Å². The number of ether oxygens (including phenoxy) is 2. The monoisotopic (exact) mass is 485 g/mol. The number of amides is 1. The van der Waals surface area contributed by atoms with E-state index in [1.165, 1.54) is 31.6 Å². The maximum atomic E-state index is 13.5. The smallest absolute Gasteiger partial charge is 0.248 e. The van der Waals surface area contributed by atoms with E-state index in [1.54, 1.807) is 25.3 Å². The molecule has 0 spiro atoms. The van der Waals surface area contributed by atoms with Gasteiger partial charge in [-0.05, 0) is 30.7 Å². The molecule has 1 amide bonds. The molecule has 2 N–H and O–H groups in total. The molecule has 0 aliphatic carbocycles. The average Bonchev–Trinajstić information content (AvgIpc) is 2.81. The molecule has 178 valence electrons. The molecule has 1 aromatic heterocycles. The second kappa shape index (κ2) is 10.8. The van der Waals surface area contributed by atoms with Crippen LogP contribution in [-0.4, -0.2) is 60.7 Å². The Hall–Kier alpha value is -3.27. The van der Waals surface area contributed by atoms with Gasteiger partial charge in [-0.2, -0.15) is 0 Å². The number of anilines is 3. The molecular formula is C24H25ClFN5O3. The van der Waals surface area contributed by atoms with Crippen LogP contribution in [0.3, 0.4) is 0 Å². The fourth-order valence-electron chi connectivity index (χ4n) is 3.75. The van der Waals surface area contributed by atoms with Crippen LogP contribution in [0.4, 0.5) is 21.6 Å². The Morgan fingerprint density at radius 3 is 2.85 bits per heavy atom. The molecule has 1 aliphatic rings. The van der Waals surface area contributed by atoms with E-state index in [-0.39, 0.29) is 10.9 Å². The molecule has 0 unspecified atom stereocenters. The van der Waals surface area contributed by atoms with Crippen molar-refractivity contribution in [1.29, 1.82) is 0 Å². The van der Waals surface area contributed by atoms with Gasteiger partial charge in [-0.15, -0.1) is 0 Å². The number of rotatable bonds is 9. The number of carbonyl (C=O) groups excluding carboxylic acids is 1. The molecule has 2 heterocycles. The van der Waals surface area contributed by atoms with E-state index in [1.807, 2.05) is 6.08 Å². The summed E-state index contributed by atoms with van der Waals surface area (Å²) in [5.74, 6) is 0.152. The Kier molecular flexibility index (Phi) is 7.56. The lowest BCUT2D eigenvalue weighted by Gasteiger charge is -2.39. The topological polar surface area (TPSA) is 88.6 Å². The third-order valence-electron chi connectivity index (χ3n) is 5.63. The van der Waals surface area contributed by atoms with Gasteiger partial charge in [0.25, 0.3) is 0 Å². The van der Waals surface area contributed by atoms with Crippen molar-refractivity contribution in [3.05, 3.63) is 59.7 Å². The Morgan fingerprint density at radius 1 is 1.29 bits per heavy atom. The highest BCUT2D eigenvalue weighted by Crippen LogP contribution is 2.33. The maximum Gasteiger partial charge on any atom is 0.248 e. The van der Waals surface area contributed by atoms with Crippen molar-refractivity contribution in [3.8, 4) is 5.75 Å². The van der Waals surface area contributed by atoms with Crippen LogP contribution in [0.25, 0.3) is 10.9 Å². The van der Waals surface area contributed by atoms with E-state index in [0.29, 0.717) is 53.0 Å². The first-order valence-corrected chi connectivity index (χ1v) is 11.1. The number of carbonyl (C=O) groups is 1. The van der Waals surface area contributed by atoms with Gasteiger partial charge in [-0.25, -0.2) is 14.4 Å². The number of hydrogen-bond acceptors (Lipinski definition) is 7. The predicted molar refractivity (Wildman–Crippen MR) is 130 cm³/mol. The van der Waals surface area contributed by atoms with Crippen LogP contribution in [-0.2, 0) is 9.53 Å². The number of fused-ring (bicyclic) bond motifs is 1. The van der Waals surface area contributed by atoms with Gasteiger partial charge in [-0.1, -0.05) is 17.7 Å². The molecule has 1 aliphatic heterocycles. The zero-order chi connectivity index (χ0) is 24.1. The summed E-state index contributed by atoms with van der Waals surface area (Å²) >= 11 is 5.89. The summed E-state index contributed by atoms with van der Waals surface area (Å²) in [7, 11) is 3.21. The highest BCUT2D eigenvalue weighted by molar-refractivity contribution is 6.31. The van der Waals surface area contributed by atoms with Crippen LogP contribution in [0.2, 0.25) is 5.02 Å². The molecule has 1 atom stereocenters. The largest absolute Gasteiger partial charge is 0.494 e. The van der Waals surface area contributed by atoms with Crippen LogP contribution in [0.1, 0.15) is 6.42 Å². The zero-order valence-electron chi connectivity index (χ0n) is 18.8. The van der Waals surface area contributed by atoms with Crippen molar-refractivity contribution >= 4 is 45.6 Å². The molecule has 1 saturated heterocycles. The summed E-state index contributed by atoms with van der Waals surface area (Å²) in [4.78, 5) is 23.4. The fraction of sp³-hybridized carbons (Fsp3) is 0.292. The molecule has 0 bridgehead atoms. The van der Waals surface area contributed by atoms with Gasteiger partial charge in [0.05, 0.1) is 29.9 Å². The number of halogens is 2. The molecule has 8 nitrogen and oxygen atoms in total. The second-order valence-corrected chi connectivity index (χ2v) is 8.24. The fourth-order valence-corrected chi connectivity index (χ4v) is 3.93. The van der Waals surface area contributed by atoms with Crippen molar-refractivity contribution in [2.75, 3.05) is 44.5 Å². The summed E-state index contributed by atoms with van der Waals surface area (Å²) in [5.41, 5.74) is 1.65. The minimum atomic E-state index is -0.508. The third-order valence-corrected chi connectivity index (χ3v) is 5.92. The molecule has 2 aromatic carbocycles. The Balaban J connectivity index is 1.52. The van der Waals surface area contributed by atoms with Crippen LogP contribution in [0.15, 0.2) is 48.8 Å². The number of methoxy groups -OCH3 is 2. The Morgan fingerprint density at radius 2 is 2.15 bits per heavy atom. The summed E-state index contributed by atoms with van der Waals surface area (Å²) in [6.07, 6.45) is 5.85. The van der Waals surface area contributed by atoms with Crippen LogP contribution < -0.4 is 15.4 Å². The zero-order valence-corrected chi connectivity index (χ0v) is 19.6. The van der Waals surface area contributed by atoms with Crippen LogP contribution in [0.5, 0.6) is 5.75 Å². The molecule has 1 fully saturated rings. The minimum absolute atomic E-state index is 0.00321. The van der Waals surface area contributed by atoms with Crippen LogP contribution >= 0.6 is 11.6 Å². The van der Waals surface area contributed by atoms with Crippen molar-refractivity contribution in [2.24, 2.45) is 0 Å². The lowest BCUT2D eigenvalue weighted by Crippen LogP contribution is -2.50. The lowest BCUT2D eigenvalue weighted by molar-refractivity contribution is -0.111. The van der Waals surface area contributed by atoms with Crippen molar-refractivity contribution in [3.63, 3.8) is 0 Å². The van der Waals surface area contributed by atoms with E-state index < -0.39 is 5.82 Å². The van der Waals surface area contributed by atoms with E-state index in [2.05, 4.69) is 25.5 Å². The summed E-state index contributed by atoms with van der Waals surface area (Å²) in [5, 5.41) is 6.62. The number of benzene rings is 2. The SMILES string of the molecule is COC[C@H]1CCN1CC=CC(=O)Nc1cc2c(Nc3ccc(F)c(Cl)c3)ncnc2cc1OC. The predicted octanol–water partition coefficient (Wildman–Crippen LogP) is 4.39. The standard InChI is InChI=1S/C24H25ClFN5O3/c1-33-13-16-7-9-31(16)8-3-4-23(32)30-21-11-17-20(12-22(21)34-2)27-14-28-24(17)29-15-5-6-19(26)18(25)10-15/h3-6,10-12,14,16H,7-9,13H2,1-2H3,(H,30,32)(H,27,28,29)/t16-/m1/s1. The van der Waals surface area contributed by atoms with Crippen molar-refractivity contribution in [1.82, 2.24) is 14.9 Å². The van der Waals surface area contributed by atoms with Gasteiger partial charge in [0.15, 0.2) is 0 Å². The first kappa shape index (κ1) is 23.9. The van der Waals surface area contributed by atoms with Gasteiger partial charge >= 0.3 is 0 Å². The Labute approximate surface area is 201 Å². The third kappa shape index (κ3) is 5.44.